The quantitative estimate of drug-likeness (QED) is 0.416. The second-order valence-electron chi connectivity index (χ2n) is 5.12. The molecule has 1 saturated carbocycles. The van der Waals surface area contributed by atoms with Crippen molar-refractivity contribution in [2.45, 2.75) is 38.5 Å². The van der Waals surface area contributed by atoms with Gasteiger partial charge in [0.2, 0.25) is 0 Å². The summed E-state index contributed by atoms with van der Waals surface area (Å²) in [6, 6.07) is 3.33. The second kappa shape index (κ2) is 7.09. The first kappa shape index (κ1) is 13.8. The molecule has 5 nitrogen and oxygen atoms in total. The van der Waals surface area contributed by atoms with Crippen LogP contribution in [0.5, 0.6) is 0 Å². The van der Waals surface area contributed by atoms with Gasteiger partial charge in [-0.25, -0.2) is 10.8 Å². The van der Waals surface area contributed by atoms with E-state index in [0.717, 1.165) is 18.9 Å². The number of pyridine rings is 1. The lowest BCUT2D eigenvalue weighted by Crippen LogP contribution is -2.25. The van der Waals surface area contributed by atoms with Gasteiger partial charge in [-0.1, -0.05) is 25.7 Å². The lowest BCUT2D eigenvalue weighted by Gasteiger charge is -2.09. The third-order valence-electron chi connectivity index (χ3n) is 3.72. The molecule has 1 aromatic heterocycles. The molecule has 1 aliphatic rings. The Morgan fingerprint density at radius 2 is 2.21 bits per heavy atom. The topological polar surface area (TPSA) is 80.0 Å². The van der Waals surface area contributed by atoms with Crippen LogP contribution >= 0.6 is 0 Å². The van der Waals surface area contributed by atoms with E-state index >= 15 is 0 Å². The average Bonchev–Trinajstić information content (AvgIpc) is 2.96. The molecule has 0 atom stereocenters. The van der Waals surface area contributed by atoms with Gasteiger partial charge in [0, 0.05) is 18.3 Å². The van der Waals surface area contributed by atoms with E-state index in [0.29, 0.717) is 11.4 Å². The summed E-state index contributed by atoms with van der Waals surface area (Å²) in [6.45, 7) is 0.739. The Labute approximate surface area is 114 Å². The van der Waals surface area contributed by atoms with Crippen molar-refractivity contribution in [1.29, 1.82) is 0 Å². The highest BCUT2D eigenvalue weighted by Crippen LogP contribution is 2.28. The molecule has 104 valence electrons. The van der Waals surface area contributed by atoms with E-state index in [1.54, 1.807) is 18.3 Å². The van der Waals surface area contributed by atoms with Crippen LogP contribution in [0, 0.1) is 5.92 Å². The zero-order valence-corrected chi connectivity index (χ0v) is 11.2. The fourth-order valence-corrected chi connectivity index (χ4v) is 2.64. The summed E-state index contributed by atoms with van der Waals surface area (Å²) in [5, 5.41) is 2.94. The van der Waals surface area contributed by atoms with Gasteiger partial charge in [0.25, 0.3) is 5.91 Å². The highest BCUT2D eigenvalue weighted by atomic mass is 16.1. The molecule has 0 aliphatic heterocycles. The number of carbonyl (C=O) groups excluding carboxylic acids is 1. The third-order valence-corrected chi connectivity index (χ3v) is 3.72. The van der Waals surface area contributed by atoms with Gasteiger partial charge >= 0.3 is 0 Å². The minimum absolute atomic E-state index is 0.0645. The fraction of sp³-hybridized carbons (Fsp3) is 0.571. The first-order chi connectivity index (χ1) is 9.29. The molecule has 1 amide bonds. The zero-order valence-electron chi connectivity index (χ0n) is 11.2. The molecule has 5 heteroatoms. The number of hydrogen-bond donors (Lipinski definition) is 3. The summed E-state index contributed by atoms with van der Waals surface area (Å²) in [4.78, 5) is 15.9. The Kier molecular flexibility index (Phi) is 5.15. The molecule has 1 aliphatic carbocycles. The molecule has 2 rings (SSSR count). The van der Waals surface area contributed by atoms with Gasteiger partial charge in [-0.15, -0.1) is 0 Å². The van der Waals surface area contributed by atoms with Crippen LogP contribution in [0.25, 0.3) is 0 Å². The number of anilines is 1. The molecule has 0 spiro atoms. The van der Waals surface area contributed by atoms with Gasteiger partial charge in [0.1, 0.15) is 5.82 Å². The Morgan fingerprint density at radius 1 is 1.42 bits per heavy atom. The molecular weight excluding hydrogens is 240 g/mol. The van der Waals surface area contributed by atoms with Gasteiger partial charge in [0.15, 0.2) is 0 Å². The van der Waals surface area contributed by atoms with Crippen LogP contribution in [0.4, 0.5) is 5.82 Å². The largest absolute Gasteiger partial charge is 0.352 e. The number of nitrogen functional groups attached to an aromatic ring is 1. The number of aromatic nitrogens is 1. The molecule has 1 fully saturated rings. The van der Waals surface area contributed by atoms with Crippen LogP contribution in [0.15, 0.2) is 18.3 Å². The molecular formula is C14H22N4O. The van der Waals surface area contributed by atoms with E-state index in [2.05, 4.69) is 15.7 Å². The van der Waals surface area contributed by atoms with Crippen molar-refractivity contribution in [2.24, 2.45) is 11.8 Å². The second-order valence-corrected chi connectivity index (χ2v) is 5.12. The third kappa shape index (κ3) is 4.21. The monoisotopic (exact) mass is 262 g/mol. The van der Waals surface area contributed by atoms with Crippen molar-refractivity contribution >= 4 is 11.7 Å². The number of carbonyl (C=O) groups is 1. The van der Waals surface area contributed by atoms with Gasteiger partial charge in [-0.05, 0) is 30.9 Å². The first-order valence-corrected chi connectivity index (χ1v) is 7.00. The summed E-state index contributed by atoms with van der Waals surface area (Å²) < 4.78 is 0. The van der Waals surface area contributed by atoms with E-state index in [-0.39, 0.29) is 5.91 Å². The number of nitrogens with zero attached hydrogens (tertiary/aromatic N) is 1. The maximum Gasteiger partial charge on any atom is 0.251 e. The fourth-order valence-electron chi connectivity index (χ4n) is 2.64. The van der Waals surface area contributed by atoms with E-state index in [1.807, 2.05) is 0 Å². The standard InChI is InChI=1S/C14H22N4O/c15-18-13-10-12(7-9-16-13)14(19)17-8-3-6-11-4-1-2-5-11/h7,9-11H,1-6,8,15H2,(H,16,18)(H,17,19). The molecule has 0 aromatic carbocycles. The van der Waals surface area contributed by atoms with Crippen molar-refractivity contribution in [3.05, 3.63) is 23.9 Å². The minimum Gasteiger partial charge on any atom is -0.352 e. The number of hydrogen-bond acceptors (Lipinski definition) is 4. The van der Waals surface area contributed by atoms with Crippen molar-refractivity contribution in [3.8, 4) is 0 Å². The molecule has 4 N–H and O–H groups in total. The predicted octanol–water partition coefficient (Wildman–Crippen LogP) is 2.07. The first-order valence-electron chi connectivity index (χ1n) is 7.00. The lowest BCUT2D eigenvalue weighted by molar-refractivity contribution is 0.0952. The van der Waals surface area contributed by atoms with E-state index < -0.39 is 0 Å². The van der Waals surface area contributed by atoms with Crippen LogP contribution in [0.3, 0.4) is 0 Å². The van der Waals surface area contributed by atoms with E-state index in [1.165, 1.54) is 32.1 Å². The SMILES string of the molecule is NNc1cc(C(=O)NCCCC2CCCC2)ccn1. The van der Waals surface area contributed by atoms with Gasteiger partial charge < -0.3 is 10.7 Å². The smallest absolute Gasteiger partial charge is 0.251 e. The summed E-state index contributed by atoms with van der Waals surface area (Å²) in [5.41, 5.74) is 3.02. The highest BCUT2D eigenvalue weighted by molar-refractivity contribution is 5.94. The Balaban J connectivity index is 1.71. The Morgan fingerprint density at radius 3 is 2.95 bits per heavy atom. The van der Waals surface area contributed by atoms with Crippen LogP contribution in [-0.4, -0.2) is 17.4 Å². The Hall–Kier alpha value is -1.62. The summed E-state index contributed by atoms with van der Waals surface area (Å²) in [6.07, 6.45) is 9.35. The van der Waals surface area contributed by atoms with Crippen molar-refractivity contribution in [2.75, 3.05) is 12.0 Å². The van der Waals surface area contributed by atoms with E-state index in [4.69, 9.17) is 5.84 Å². The molecule has 19 heavy (non-hydrogen) atoms. The normalized spacial score (nSPS) is 15.4. The Bertz CT molecular complexity index is 416. The molecule has 0 saturated heterocycles. The van der Waals surface area contributed by atoms with Crippen LogP contribution in [-0.2, 0) is 0 Å². The highest BCUT2D eigenvalue weighted by Gasteiger charge is 2.14. The zero-order chi connectivity index (χ0) is 13.5. The lowest BCUT2D eigenvalue weighted by atomic mass is 10.0. The summed E-state index contributed by atoms with van der Waals surface area (Å²) >= 11 is 0. The molecule has 0 radical (unpaired) electrons. The van der Waals surface area contributed by atoms with Gasteiger partial charge in [0.05, 0.1) is 0 Å². The molecule has 1 aromatic rings. The maximum absolute atomic E-state index is 11.9. The number of rotatable bonds is 6. The number of nitrogens with one attached hydrogen (secondary N) is 2. The summed E-state index contributed by atoms with van der Waals surface area (Å²) in [7, 11) is 0. The number of hydrazine groups is 1. The van der Waals surface area contributed by atoms with Crippen molar-refractivity contribution in [1.82, 2.24) is 10.3 Å². The number of nitrogens with two attached hydrogens (primary N) is 1. The minimum atomic E-state index is -0.0645. The van der Waals surface area contributed by atoms with Crippen molar-refractivity contribution in [3.63, 3.8) is 0 Å². The van der Waals surface area contributed by atoms with Crippen LogP contribution < -0.4 is 16.6 Å². The van der Waals surface area contributed by atoms with Gasteiger partial charge in [-0.2, -0.15) is 0 Å². The molecule has 0 unspecified atom stereocenters. The van der Waals surface area contributed by atoms with Crippen LogP contribution in [0.2, 0.25) is 0 Å². The van der Waals surface area contributed by atoms with Crippen molar-refractivity contribution < 1.29 is 4.79 Å². The molecule has 1 heterocycles. The maximum atomic E-state index is 11.9. The van der Waals surface area contributed by atoms with Crippen LogP contribution in [0.1, 0.15) is 48.9 Å². The molecule has 0 bridgehead atoms. The summed E-state index contributed by atoms with van der Waals surface area (Å²) in [5.74, 6) is 6.58. The number of amides is 1. The average molecular weight is 262 g/mol. The predicted molar refractivity (Wildman–Crippen MR) is 75.6 cm³/mol. The van der Waals surface area contributed by atoms with E-state index in [9.17, 15) is 4.79 Å². The van der Waals surface area contributed by atoms with Gasteiger partial charge in [-0.3, -0.25) is 4.79 Å².